The van der Waals surface area contributed by atoms with Crippen molar-refractivity contribution in [3.05, 3.63) is 5.01 Å². The summed E-state index contributed by atoms with van der Waals surface area (Å²) in [6.07, 6.45) is 2.44. The van der Waals surface area contributed by atoms with Gasteiger partial charge in [-0.25, -0.2) is 0 Å². The highest BCUT2D eigenvalue weighted by Gasteiger charge is 2.30. The zero-order valence-corrected chi connectivity index (χ0v) is 9.42. The number of anilines is 1. The molecule has 0 saturated carbocycles. The molecule has 1 unspecified atom stereocenters. The molecule has 5 heteroatoms. The number of hydrogen-bond donors (Lipinski definition) is 1. The third-order valence-corrected chi connectivity index (χ3v) is 3.55. The highest BCUT2D eigenvalue weighted by Crippen LogP contribution is 2.35. The minimum atomic E-state index is 0.449. The Balaban J connectivity index is 2.17. The summed E-state index contributed by atoms with van der Waals surface area (Å²) < 4.78 is 0. The molecule has 1 aliphatic heterocycles. The van der Waals surface area contributed by atoms with E-state index in [4.69, 9.17) is 5.73 Å². The molecule has 0 bridgehead atoms. The van der Waals surface area contributed by atoms with Crippen LogP contribution in [0.25, 0.3) is 0 Å². The first-order valence-electron chi connectivity index (χ1n) is 5.03. The van der Waals surface area contributed by atoms with Crippen LogP contribution in [0.5, 0.6) is 0 Å². The van der Waals surface area contributed by atoms with E-state index in [-0.39, 0.29) is 0 Å². The molecule has 2 heterocycles. The van der Waals surface area contributed by atoms with E-state index in [0.717, 1.165) is 5.01 Å². The van der Waals surface area contributed by atoms with Crippen molar-refractivity contribution in [3.8, 4) is 0 Å². The van der Waals surface area contributed by atoms with Gasteiger partial charge in [-0.3, -0.25) is 4.90 Å². The third kappa shape index (κ3) is 1.74. The van der Waals surface area contributed by atoms with Crippen LogP contribution in [-0.4, -0.2) is 27.7 Å². The molecule has 0 aliphatic carbocycles. The Morgan fingerprint density at radius 2 is 2.29 bits per heavy atom. The summed E-state index contributed by atoms with van der Waals surface area (Å²) in [6, 6.07) is 1.03. The quantitative estimate of drug-likeness (QED) is 0.810. The summed E-state index contributed by atoms with van der Waals surface area (Å²) in [5, 5.41) is 9.66. The highest BCUT2D eigenvalue weighted by molar-refractivity contribution is 7.15. The SMILES string of the molecule is CC(C)N1CCCC1c1nnc(N)s1. The van der Waals surface area contributed by atoms with Crippen molar-refractivity contribution in [3.63, 3.8) is 0 Å². The van der Waals surface area contributed by atoms with Crippen molar-refractivity contribution < 1.29 is 0 Å². The van der Waals surface area contributed by atoms with E-state index >= 15 is 0 Å². The molecule has 0 amide bonds. The predicted octanol–water partition coefficient (Wildman–Crippen LogP) is 1.67. The maximum atomic E-state index is 5.59. The van der Waals surface area contributed by atoms with Gasteiger partial charge in [-0.15, -0.1) is 10.2 Å². The number of aromatic nitrogens is 2. The number of nitrogens with two attached hydrogens (primary N) is 1. The molecule has 1 fully saturated rings. The van der Waals surface area contributed by atoms with Crippen molar-refractivity contribution in [2.75, 3.05) is 12.3 Å². The number of likely N-dealkylation sites (tertiary alicyclic amines) is 1. The van der Waals surface area contributed by atoms with E-state index in [9.17, 15) is 0 Å². The Hall–Kier alpha value is -0.680. The minimum Gasteiger partial charge on any atom is -0.374 e. The molecule has 1 aromatic rings. The molecule has 2 rings (SSSR count). The van der Waals surface area contributed by atoms with Gasteiger partial charge in [-0.1, -0.05) is 11.3 Å². The molecule has 0 radical (unpaired) electrons. The van der Waals surface area contributed by atoms with Crippen LogP contribution in [0.1, 0.15) is 37.7 Å². The van der Waals surface area contributed by atoms with Gasteiger partial charge in [0.1, 0.15) is 5.01 Å². The Morgan fingerprint density at radius 1 is 1.50 bits per heavy atom. The van der Waals surface area contributed by atoms with Crippen molar-refractivity contribution in [1.82, 2.24) is 15.1 Å². The van der Waals surface area contributed by atoms with Crippen LogP contribution >= 0.6 is 11.3 Å². The van der Waals surface area contributed by atoms with Gasteiger partial charge in [-0.2, -0.15) is 0 Å². The van der Waals surface area contributed by atoms with E-state index < -0.39 is 0 Å². The first kappa shape index (κ1) is 9.86. The Labute approximate surface area is 88.1 Å². The van der Waals surface area contributed by atoms with Gasteiger partial charge in [0.05, 0.1) is 6.04 Å². The Kier molecular flexibility index (Phi) is 2.69. The van der Waals surface area contributed by atoms with Crippen LogP contribution in [0.3, 0.4) is 0 Å². The second kappa shape index (κ2) is 3.82. The fourth-order valence-corrected chi connectivity index (χ4v) is 2.82. The third-order valence-electron chi connectivity index (χ3n) is 2.70. The summed E-state index contributed by atoms with van der Waals surface area (Å²) >= 11 is 1.52. The molecule has 78 valence electrons. The van der Waals surface area contributed by atoms with Crippen molar-refractivity contribution >= 4 is 16.5 Å². The molecule has 1 aromatic heterocycles. The van der Waals surface area contributed by atoms with Gasteiger partial charge >= 0.3 is 0 Å². The lowest BCUT2D eigenvalue weighted by molar-refractivity contribution is 0.204. The molecule has 2 N–H and O–H groups in total. The van der Waals surface area contributed by atoms with Crippen LogP contribution in [-0.2, 0) is 0 Å². The second-order valence-electron chi connectivity index (χ2n) is 3.97. The first-order valence-corrected chi connectivity index (χ1v) is 5.84. The molecule has 1 aliphatic rings. The van der Waals surface area contributed by atoms with Gasteiger partial charge < -0.3 is 5.73 Å². The number of rotatable bonds is 2. The van der Waals surface area contributed by atoms with Crippen molar-refractivity contribution in [2.45, 2.75) is 38.8 Å². The lowest BCUT2D eigenvalue weighted by Gasteiger charge is -2.26. The van der Waals surface area contributed by atoms with Crippen molar-refractivity contribution in [1.29, 1.82) is 0 Å². The predicted molar refractivity (Wildman–Crippen MR) is 58.1 cm³/mol. The number of nitrogen functional groups attached to an aromatic ring is 1. The van der Waals surface area contributed by atoms with Gasteiger partial charge in [0.25, 0.3) is 0 Å². The summed E-state index contributed by atoms with van der Waals surface area (Å²) in [4.78, 5) is 2.47. The maximum Gasteiger partial charge on any atom is 0.203 e. The normalized spacial score (nSPS) is 23.5. The smallest absolute Gasteiger partial charge is 0.203 e. The summed E-state index contributed by atoms with van der Waals surface area (Å²) in [7, 11) is 0. The Bertz CT molecular complexity index is 310. The van der Waals surface area contributed by atoms with Crippen molar-refractivity contribution in [2.24, 2.45) is 0 Å². The summed E-state index contributed by atoms with van der Waals surface area (Å²) in [5.74, 6) is 0. The maximum absolute atomic E-state index is 5.59. The van der Waals surface area contributed by atoms with Crippen LogP contribution < -0.4 is 5.73 Å². The first-order chi connectivity index (χ1) is 6.68. The zero-order valence-electron chi connectivity index (χ0n) is 8.60. The molecule has 1 atom stereocenters. The Morgan fingerprint density at radius 3 is 2.86 bits per heavy atom. The fourth-order valence-electron chi connectivity index (χ4n) is 2.05. The molecular weight excluding hydrogens is 196 g/mol. The van der Waals surface area contributed by atoms with E-state index in [0.29, 0.717) is 17.2 Å². The molecular formula is C9H16N4S. The molecule has 4 nitrogen and oxygen atoms in total. The molecule has 0 aromatic carbocycles. The van der Waals surface area contributed by atoms with Gasteiger partial charge in [0.15, 0.2) is 0 Å². The van der Waals surface area contributed by atoms with Crippen LogP contribution in [0.15, 0.2) is 0 Å². The molecule has 14 heavy (non-hydrogen) atoms. The zero-order chi connectivity index (χ0) is 10.1. The minimum absolute atomic E-state index is 0.449. The standard InChI is InChI=1S/C9H16N4S/c1-6(2)13-5-3-4-7(13)8-11-12-9(10)14-8/h6-7H,3-5H2,1-2H3,(H2,10,12). The highest BCUT2D eigenvalue weighted by atomic mass is 32.1. The van der Waals surface area contributed by atoms with E-state index in [1.165, 1.54) is 30.7 Å². The largest absolute Gasteiger partial charge is 0.374 e. The van der Waals surface area contributed by atoms with Crippen LogP contribution in [0.2, 0.25) is 0 Å². The molecule has 1 saturated heterocycles. The van der Waals surface area contributed by atoms with Crippen LogP contribution in [0, 0.1) is 0 Å². The lowest BCUT2D eigenvalue weighted by Crippen LogP contribution is -2.30. The average molecular weight is 212 g/mol. The van der Waals surface area contributed by atoms with Gasteiger partial charge in [-0.05, 0) is 33.2 Å². The number of hydrogen-bond acceptors (Lipinski definition) is 5. The van der Waals surface area contributed by atoms with Gasteiger partial charge in [0.2, 0.25) is 5.13 Å². The van der Waals surface area contributed by atoms with E-state index in [2.05, 4.69) is 28.9 Å². The summed E-state index contributed by atoms with van der Waals surface area (Å²) in [6.45, 7) is 5.62. The average Bonchev–Trinajstić information content (AvgIpc) is 2.70. The second-order valence-corrected chi connectivity index (χ2v) is 5.01. The van der Waals surface area contributed by atoms with Crippen LogP contribution in [0.4, 0.5) is 5.13 Å². The fraction of sp³-hybridized carbons (Fsp3) is 0.778. The lowest BCUT2D eigenvalue weighted by atomic mass is 10.2. The molecule has 0 spiro atoms. The van der Waals surface area contributed by atoms with E-state index in [1.807, 2.05) is 0 Å². The number of nitrogens with zero attached hydrogens (tertiary/aromatic N) is 3. The topological polar surface area (TPSA) is 55.0 Å². The van der Waals surface area contributed by atoms with Gasteiger partial charge in [0, 0.05) is 6.04 Å². The monoisotopic (exact) mass is 212 g/mol. The summed E-state index contributed by atoms with van der Waals surface area (Å²) in [5.41, 5.74) is 5.59. The van der Waals surface area contributed by atoms with E-state index in [1.54, 1.807) is 0 Å².